The van der Waals surface area contributed by atoms with Gasteiger partial charge in [0.1, 0.15) is 37.1 Å². The zero-order valence-electron chi connectivity index (χ0n) is 45.1. The number of amides is 3. The van der Waals surface area contributed by atoms with E-state index < -0.39 is 0 Å². The van der Waals surface area contributed by atoms with Gasteiger partial charge < -0.3 is 43.5 Å². The molecule has 0 saturated carbocycles. The van der Waals surface area contributed by atoms with E-state index in [9.17, 15) is 14.4 Å². The summed E-state index contributed by atoms with van der Waals surface area (Å²) in [4.78, 5) is 44.7. The molecule has 3 amide bonds. The van der Waals surface area contributed by atoms with Crippen molar-refractivity contribution in [2.24, 2.45) is 0 Å². The number of hydrogen-bond acceptors (Lipinski definition) is 11. The SMILES string of the molecule is CC(=O)N1C[C@@H](C)N(CCOc2ccc(B3OC(C)(C)C(C)(C)O3)cc2)[C@@H](C)C1.CC(=O)N1C[C@@H](C)N(CCOc2ccc(Br)cc2)[C@@H](C)C1.CC(=O)N1C[C@@H](C)N[C@@H](C)C1.ClCCOc1ccc(Br)cc1. The molecular formula is C54H82BBr2ClN6O8. The molecule has 0 aromatic heterocycles. The van der Waals surface area contributed by atoms with Crippen LogP contribution in [0.5, 0.6) is 17.2 Å². The minimum atomic E-state index is -0.353. The lowest BCUT2D eigenvalue weighted by atomic mass is 9.79. The van der Waals surface area contributed by atoms with Crippen LogP contribution in [0.25, 0.3) is 0 Å². The first-order valence-electron chi connectivity index (χ1n) is 25.3. The Morgan fingerprint density at radius 1 is 0.556 bits per heavy atom. The molecule has 4 aliphatic heterocycles. The summed E-state index contributed by atoms with van der Waals surface area (Å²) in [6.07, 6.45) is 0. The molecule has 0 spiro atoms. The minimum absolute atomic E-state index is 0.154. The topological polar surface area (TPSA) is 126 Å². The Morgan fingerprint density at radius 3 is 1.18 bits per heavy atom. The summed E-state index contributed by atoms with van der Waals surface area (Å²) in [6, 6.07) is 25.8. The van der Waals surface area contributed by atoms with Crippen molar-refractivity contribution in [2.45, 2.75) is 137 Å². The quantitative estimate of drug-likeness (QED) is 0.139. The number of benzene rings is 3. The van der Waals surface area contributed by atoms with Crippen molar-refractivity contribution in [3.05, 3.63) is 81.7 Å². The van der Waals surface area contributed by atoms with Crippen LogP contribution in [-0.4, -0.2) is 175 Å². The maximum Gasteiger partial charge on any atom is 0.494 e. The fourth-order valence-corrected chi connectivity index (χ4v) is 9.75. The molecule has 72 heavy (non-hydrogen) atoms. The Labute approximate surface area is 453 Å². The number of halogens is 3. The van der Waals surface area contributed by atoms with Gasteiger partial charge in [-0.3, -0.25) is 24.2 Å². The third kappa shape index (κ3) is 19.4. The van der Waals surface area contributed by atoms with Gasteiger partial charge in [-0.15, -0.1) is 11.6 Å². The predicted octanol–water partition coefficient (Wildman–Crippen LogP) is 8.36. The largest absolute Gasteiger partial charge is 0.494 e. The normalized spacial score (nSPS) is 23.8. The molecule has 4 aliphatic rings. The summed E-state index contributed by atoms with van der Waals surface area (Å²) in [5, 5.41) is 3.37. The van der Waals surface area contributed by atoms with Crippen LogP contribution in [0.3, 0.4) is 0 Å². The summed E-state index contributed by atoms with van der Waals surface area (Å²) in [6.45, 7) is 34.5. The summed E-state index contributed by atoms with van der Waals surface area (Å²) in [5.74, 6) is 3.62. The first-order valence-corrected chi connectivity index (χ1v) is 27.5. The fourth-order valence-electron chi connectivity index (χ4n) is 9.15. The number of hydrogen-bond donors (Lipinski definition) is 1. The van der Waals surface area contributed by atoms with Crippen molar-refractivity contribution in [1.29, 1.82) is 0 Å². The number of nitrogens with zero attached hydrogens (tertiary/aromatic N) is 5. The molecule has 0 radical (unpaired) electrons. The first kappa shape index (κ1) is 61.1. The zero-order chi connectivity index (χ0) is 53.3. The molecule has 0 bridgehead atoms. The third-order valence-electron chi connectivity index (χ3n) is 13.7. The van der Waals surface area contributed by atoms with Gasteiger partial charge in [0.25, 0.3) is 0 Å². The van der Waals surface area contributed by atoms with Crippen LogP contribution in [0, 0.1) is 0 Å². The number of carbonyl (C=O) groups is 3. The Morgan fingerprint density at radius 2 is 0.861 bits per heavy atom. The maximum atomic E-state index is 11.7. The van der Waals surface area contributed by atoms with E-state index in [1.54, 1.807) is 20.8 Å². The average molecular weight is 1150 g/mol. The highest BCUT2D eigenvalue weighted by Gasteiger charge is 2.51. The Kier molecular flexibility index (Phi) is 24.7. The molecule has 4 heterocycles. The number of alkyl halides is 1. The predicted molar refractivity (Wildman–Crippen MR) is 298 cm³/mol. The van der Waals surface area contributed by atoms with Crippen LogP contribution < -0.4 is 25.0 Å². The van der Waals surface area contributed by atoms with E-state index in [-0.39, 0.29) is 36.0 Å². The molecule has 3 aromatic rings. The molecule has 14 nitrogen and oxygen atoms in total. The molecule has 6 atom stereocenters. The van der Waals surface area contributed by atoms with Gasteiger partial charge in [-0.05, 0) is 135 Å². The lowest BCUT2D eigenvalue weighted by molar-refractivity contribution is -0.134. The van der Waals surface area contributed by atoms with Gasteiger partial charge in [0.05, 0.1) is 17.1 Å². The van der Waals surface area contributed by atoms with Crippen molar-refractivity contribution < 1.29 is 37.9 Å². The number of carbonyl (C=O) groups excluding carboxylic acids is 3. The highest BCUT2D eigenvalue weighted by Crippen LogP contribution is 2.36. The van der Waals surface area contributed by atoms with E-state index in [1.807, 2.05) is 87.5 Å². The Hall–Kier alpha value is -3.42. The molecule has 3 aromatic carbocycles. The number of piperazine rings is 3. The van der Waals surface area contributed by atoms with Crippen molar-refractivity contribution in [2.75, 3.05) is 78.1 Å². The van der Waals surface area contributed by atoms with Gasteiger partial charge in [0.2, 0.25) is 17.7 Å². The van der Waals surface area contributed by atoms with Gasteiger partial charge >= 0.3 is 7.12 Å². The molecule has 4 saturated heterocycles. The van der Waals surface area contributed by atoms with E-state index in [4.69, 9.17) is 35.1 Å². The van der Waals surface area contributed by atoms with Crippen LogP contribution in [0.4, 0.5) is 0 Å². The second-order valence-electron chi connectivity index (χ2n) is 20.4. The minimum Gasteiger partial charge on any atom is -0.492 e. The number of ether oxygens (including phenoxy) is 3. The summed E-state index contributed by atoms with van der Waals surface area (Å²) in [7, 11) is -0.353. The standard InChI is InChI=1S/C22H35BN2O4.C16H23BrN2O2.C8H8BrClO.C8H16N2O/c1-16-14-24(18(3)26)15-17(2)25(16)12-13-27-20-10-8-19(9-11-20)23-28-21(4,5)22(6,7)29-23;1-12-10-18(14(3)20)11-13(2)19(12)8-9-21-16-6-4-15(17)5-7-16;9-7-1-3-8(4-2-7)11-6-5-10;1-6-4-10(8(3)11)5-7(2)9-6/h8-11,16-17H,12-15H2,1-7H3;4-7,12-13H,8-11H2,1-3H3;1-4H,5-6H2;6-7,9H,4-5H2,1-3H3/t16-,17+;12-,13+;;6-,7+. The van der Waals surface area contributed by atoms with E-state index in [0.29, 0.717) is 62.0 Å². The van der Waals surface area contributed by atoms with Gasteiger partial charge in [0.15, 0.2) is 0 Å². The molecule has 18 heteroatoms. The lowest BCUT2D eigenvalue weighted by Gasteiger charge is -2.44. The molecular weight excluding hydrogens is 1070 g/mol. The zero-order valence-corrected chi connectivity index (χ0v) is 49.0. The van der Waals surface area contributed by atoms with Crippen LogP contribution >= 0.6 is 43.5 Å². The second-order valence-corrected chi connectivity index (χ2v) is 22.6. The smallest absolute Gasteiger partial charge is 0.492 e. The second kappa shape index (κ2) is 29.0. The van der Waals surface area contributed by atoms with Crippen molar-refractivity contribution >= 4 is 73.8 Å². The van der Waals surface area contributed by atoms with E-state index >= 15 is 0 Å². The highest BCUT2D eigenvalue weighted by molar-refractivity contribution is 9.10. The third-order valence-corrected chi connectivity index (χ3v) is 14.9. The molecule has 0 unspecified atom stereocenters. The van der Waals surface area contributed by atoms with Crippen LogP contribution in [0.2, 0.25) is 0 Å². The van der Waals surface area contributed by atoms with Crippen molar-refractivity contribution in [1.82, 2.24) is 29.8 Å². The maximum absolute atomic E-state index is 11.7. The van der Waals surface area contributed by atoms with Gasteiger partial charge in [-0.25, -0.2) is 0 Å². The summed E-state index contributed by atoms with van der Waals surface area (Å²) < 4.78 is 31.3. The monoisotopic (exact) mass is 1150 g/mol. The fraction of sp³-hybridized carbons (Fsp3) is 0.611. The van der Waals surface area contributed by atoms with E-state index in [2.05, 4.69) is 116 Å². The Bertz CT molecular complexity index is 2080. The first-order chi connectivity index (χ1) is 33.9. The van der Waals surface area contributed by atoms with Gasteiger partial charge in [-0.2, -0.15) is 0 Å². The molecule has 4 fully saturated rings. The number of rotatable bonds is 12. The van der Waals surface area contributed by atoms with Gasteiger partial charge in [0, 0.05) is 118 Å². The lowest BCUT2D eigenvalue weighted by Crippen LogP contribution is -2.58. The molecule has 7 rings (SSSR count). The van der Waals surface area contributed by atoms with Crippen LogP contribution in [-0.2, 0) is 23.7 Å². The molecule has 400 valence electrons. The molecule has 0 aliphatic carbocycles. The number of nitrogens with one attached hydrogen (secondary N) is 1. The van der Waals surface area contributed by atoms with Crippen LogP contribution in [0.15, 0.2) is 81.7 Å². The molecule has 1 N–H and O–H groups in total. The summed E-state index contributed by atoms with van der Waals surface area (Å²) >= 11 is 12.2. The van der Waals surface area contributed by atoms with E-state index in [0.717, 1.165) is 84.0 Å². The summed E-state index contributed by atoms with van der Waals surface area (Å²) in [5.41, 5.74) is 0.317. The van der Waals surface area contributed by atoms with Crippen molar-refractivity contribution in [3.63, 3.8) is 0 Å². The average Bonchev–Trinajstić information content (AvgIpc) is 3.54. The Balaban J connectivity index is 0.000000227. The van der Waals surface area contributed by atoms with Crippen molar-refractivity contribution in [3.8, 4) is 17.2 Å². The highest BCUT2D eigenvalue weighted by atomic mass is 79.9. The van der Waals surface area contributed by atoms with Crippen LogP contribution in [0.1, 0.15) is 90.0 Å². The van der Waals surface area contributed by atoms with E-state index in [1.165, 1.54) is 0 Å². The van der Waals surface area contributed by atoms with Gasteiger partial charge in [-0.1, -0.05) is 44.0 Å².